The molecule has 0 aromatic heterocycles. The van der Waals surface area contributed by atoms with Crippen LogP contribution in [-0.2, 0) is 23.9 Å². The fourth-order valence-corrected chi connectivity index (χ4v) is 9.95. The van der Waals surface area contributed by atoms with E-state index in [-0.39, 0.29) is 34.2 Å². The minimum atomic E-state index is -0.972. The van der Waals surface area contributed by atoms with E-state index in [1.807, 2.05) is 0 Å². The van der Waals surface area contributed by atoms with Crippen molar-refractivity contribution in [3.05, 3.63) is 23.3 Å². The van der Waals surface area contributed by atoms with Gasteiger partial charge in [0.2, 0.25) is 0 Å². The van der Waals surface area contributed by atoms with Crippen LogP contribution >= 0.6 is 0 Å². The SMILES string of the molecule is C=C(CCC(C(=O)O)C1CC(O)C2(C)C3=C(CCC12C)C1(C)CCC(OC(=O)C(=O)OC)C(C)(C)C1CC3)C(C)C. The minimum Gasteiger partial charge on any atom is -0.481 e. The van der Waals surface area contributed by atoms with Crippen molar-refractivity contribution in [1.29, 1.82) is 0 Å². The van der Waals surface area contributed by atoms with Gasteiger partial charge in [-0.1, -0.05) is 71.8 Å². The number of esters is 2. The molecule has 0 saturated heterocycles. The summed E-state index contributed by atoms with van der Waals surface area (Å²) in [4.78, 5) is 36.8. The first-order valence-electron chi connectivity index (χ1n) is 15.6. The van der Waals surface area contributed by atoms with E-state index in [0.717, 1.165) is 37.7 Å². The number of rotatable bonds is 7. The highest BCUT2D eigenvalue weighted by atomic mass is 16.6. The number of fused-ring (bicyclic) bond motifs is 4. The van der Waals surface area contributed by atoms with E-state index in [4.69, 9.17) is 4.74 Å². The summed E-state index contributed by atoms with van der Waals surface area (Å²) in [5, 5.41) is 22.2. The van der Waals surface area contributed by atoms with Gasteiger partial charge in [-0.25, -0.2) is 9.59 Å². The van der Waals surface area contributed by atoms with Crippen molar-refractivity contribution in [2.24, 2.45) is 45.3 Å². The molecule has 4 aliphatic carbocycles. The van der Waals surface area contributed by atoms with Gasteiger partial charge < -0.3 is 19.7 Å². The third kappa shape index (κ3) is 4.78. The highest BCUT2D eigenvalue weighted by Gasteiger charge is 2.67. The second-order valence-electron chi connectivity index (χ2n) is 15.0. The summed E-state index contributed by atoms with van der Waals surface area (Å²) in [6.45, 7) is 19.5. The Kier molecular flexibility index (Phi) is 8.40. The molecule has 230 valence electrons. The first-order chi connectivity index (χ1) is 19.0. The van der Waals surface area contributed by atoms with Crippen molar-refractivity contribution in [3.8, 4) is 0 Å². The molecule has 0 bridgehead atoms. The number of carboxylic acid groups (broad SMARTS) is 1. The fraction of sp³-hybridized carbons (Fsp3) is 0.794. The predicted molar refractivity (Wildman–Crippen MR) is 157 cm³/mol. The molecule has 2 N–H and O–H groups in total. The summed E-state index contributed by atoms with van der Waals surface area (Å²) >= 11 is 0. The fourth-order valence-electron chi connectivity index (χ4n) is 9.95. The number of methoxy groups -OCH3 is 1. The summed E-state index contributed by atoms with van der Waals surface area (Å²) in [6, 6.07) is 0. The van der Waals surface area contributed by atoms with E-state index in [9.17, 15) is 24.6 Å². The molecule has 4 aliphatic rings. The highest BCUT2D eigenvalue weighted by molar-refractivity contribution is 6.29. The zero-order valence-corrected chi connectivity index (χ0v) is 26.5. The largest absolute Gasteiger partial charge is 0.481 e. The number of aliphatic carboxylic acids is 1. The average Bonchev–Trinajstić information content (AvgIpc) is 3.10. The molecule has 41 heavy (non-hydrogen) atoms. The van der Waals surface area contributed by atoms with Crippen LogP contribution in [0.25, 0.3) is 0 Å². The highest BCUT2D eigenvalue weighted by Crippen LogP contribution is 2.72. The third-order valence-electron chi connectivity index (χ3n) is 12.8. The molecule has 0 aromatic rings. The van der Waals surface area contributed by atoms with Crippen LogP contribution in [0, 0.1) is 45.3 Å². The Labute approximate surface area is 246 Å². The second-order valence-corrected chi connectivity index (χ2v) is 15.0. The molecule has 0 radical (unpaired) electrons. The normalized spacial score (nSPS) is 38.4. The maximum atomic E-state index is 12.7. The Hall–Kier alpha value is -2.15. The average molecular weight is 573 g/mol. The van der Waals surface area contributed by atoms with E-state index in [0.29, 0.717) is 31.6 Å². The number of hydrogen-bond donors (Lipinski definition) is 2. The van der Waals surface area contributed by atoms with Gasteiger partial charge in [0.1, 0.15) is 6.10 Å². The van der Waals surface area contributed by atoms with Crippen molar-refractivity contribution in [3.63, 3.8) is 0 Å². The molecule has 0 amide bonds. The predicted octanol–water partition coefficient (Wildman–Crippen LogP) is 6.48. The van der Waals surface area contributed by atoms with Gasteiger partial charge in [0.05, 0.1) is 19.1 Å². The smallest absolute Gasteiger partial charge is 0.417 e. The summed E-state index contributed by atoms with van der Waals surface area (Å²) < 4.78 is 10.3. The zero-order chi connectivity index (χ0) is 30.7. The molecule has 2 fully saturated rings. The summed E-state index contributed by atoms with van der Waals surface area (Å²) in [7, 11) is 1.18. The summed E-state index contributed by atoms with van der Waals surface area (Å²) in [6.07, 6.45) is 5.75. The van der Waals surface area contributed by atoms with Crippen molar-refractivity contribution >= 4 is 17.9 Å². The monoisotopic (exact) mass is 572 g/mol. The van der Waals surface area contributed by atoms with Crippen LogP contribution in [0.5, 0.6) is 0 Å². The maximum absolute atomic E-state index is 12.7. The molecule has 8 atom stereocenters. The van der Waals surface area contributed by atoms with Gasteiger partial charge >= 0.3 is 17.9 Å². The van der Waals surface area contributed by atoms with Crippen LogP contribution in [0.4, 0.5) is 0 Å². The van der Waals surface area contributed by atoms with Crippen LogP contribution in [0.15, 0.2) is 23.3 Å². The second kappa shape index (κ2) is 10.8. The van der Waals surface area contributed by atoms with Gasteiger partial charge in [0.15, 0.2) is 0 Å². The topological polar surface area (TPSA) is 110 Å². The van der Waals surface area contributed by atoms with E-state index in [1.54, 1.807) is 0 Å². The van der Waals surface area contributed by atoms with Crippen LogP contribution in [0.2, 0.25) is 0 Å². The lowest BCUT2D eigenvalue weighted by Crippen LogP contribution is -2.57. The van der Waals surface area contributed by atoms with Crippen molar-refractivity contribution < 1.29 is 34.1 Å². The lowest BCUT2D eigenvalue weighted by Gasteiger charge is -2.62. The Balaban J connectivity index is 1.66. The Morgan fingerprint density at radius 1 is 1.00 bits per heavy atom. The molecule has 0 spiro atoms. The van der Waals surface area contributed by atoms with E-state index in [1.165, 1.54) is 18.3 Å². The van der Waals surface area contributed by atoms with E-state index < -0.39 is 35.3 Å². The lowest BCUT2D eigenvalue weighted by atomic mass is 9.43. The molecule has 7 nitrogen and oxygen atoms in total. The van der Waals surface area contributed by atoms with Gasteiger partial charge in [-0.15, -0.1) is 0 Å². The van der Waals surface area contributed by atoms with Gasteiger partial charge in [-0.3, -0.25) is 4.79 Å². The molecule has 2 saturated carbocycles. The van der Waals surface area contributed by atoms with Crippen LogP contribution in [0.3, 0.4) is 0 Å². The molecule has 0 aliphatic heterocycles. The number of carboxylic acids is 1. The summed E-state index contributed by atoms with van der Waals surface area (Å²) in [5.41, 5.74) is 2.59. The van der Waals surface area contributed by atoms with Gasteiger partial charge in [0, 0.05) is 10.8 Å². The Morgan fingerprint density at radius 2 is 1.66 bits per heavy atom. The molecular formula is C34H52O7. The number of aliphatic hydroxyl groups excluding tert-OH is 1. The third-order valence-corrected chi connectivity index (χ3v) is 12.8. The van der Waals surface area contributed by atoms with Crippen molar-refractivity contribution in [2.45, 2.75) is 118 Å². The first kappa shape index (κ1) is 31.8. The number of carbonyl (C=O) groups is 3. The minimum absolute atomic E-state index is 0.107. The number of ether oxygens (including phenoxy) is 2. The molecule has 8 unspecified atom stereocenters. The quantitative estimate of drug-likeness (QED) is 0.204. The van der Waals surface area contributed by atoms with Gasteiger partial charge in [-0.05, 0) is 86.4 Å². The maximum Gasteiger partial charge on any atom is 0.417 e. The standard InChI is InChI=1S/C34H52O7/c1-19(2)20(3)10-11-21(28(36)37)24-18-26(35)34(8)23-12-13-25-31(4,5)27(41-30(39)29(38)40-9)15-16-32(25,6)22(23)14-17-33(24,34)7/h19,21,24-27,35H,3,10-18H2,1-2,4-9H3,(H,36,37). The van der Waals surface area contributed by atoms with Crippen LogP contribution < -0.4 is 0 Å². The summed E-state index contributed by atoms with van der Waals surface area (Å²) in [5.74, 6) is -2.73. The van der Waals surface area contributed by atoms with E-state index >= 15 is 0 Å². The first-order valence-corrected chi connectivity index (χ1v) is 15.6. The molecule has 4 rings (SSSR count). The molecule has 7 heteroatoms. The van der Waals surface area contributed by atoms with Crippen LogP contribution in [-0.4, -0.2) is 47.4 Å². The Morgan fingerprint density at radius 3 is 2.24 bits per heavy atom. The van der Waals surface area contributed by atoms with Gasteiger partial charge in [0.25, 0.3) is 0 Å². The number of allylic oxidation sites excluding steroid dienone is 2. The number of aliphatic hydroxyl groups is 1. The van der Waals surface area contributed by atoms with E-state index in [2.05, 4.69) is 59.8 Å². The molecular weight excluding hydrogens is 520 g/mol. The van der Waals surface area contributed by atoms with Gasteiger partial charge in [-0.2, -0.15) is 0 Å². The van der Waals surface area contributed by atoms with Crippen molar-refractivity contribution in [2.75, 3.05) is 7.11 Å². The number of hydrogen-bond acceptors (Lipinski definition) is 6. The Bertz CT molecular complexity index is 1130. The van der Waals surface area contributed by atoms with Crippen LogP contribution in [0.1, 0.15) is 106 Å². The molecule has 0 heterocycles. The molecule has 0 aromatic carbocycles. The zero-order valence-electron chi connectivity index (χ0n) is 26.5. The lowest BCUT2D eigenvalue weighted by molar-refractivity contribution is -0.182. The van der Waals surface area contributed by atoms with Crippen molar-refractivity contribution in [1.82, 2.24) is 0 Å². The number of carbonyl (C=O) groups excluding carboxylic acids is 2.